The van der Waals surface area contributed by atoms with Crippen molar-refractivity contribution in [2.24, 2.45) is 5.92 Å². The molecule has 174 valence electrons. The number of carbonyl (C=O) groups excluding carboxylic acids is 1. The molecule has 0 bridgehead atoms. The first-order valence-corrected chi connectivity index (χ1v) is 12.7. The second-order valence-electron chi connectivity index (χ2n) is 7.83. The van der Waals surface area contributed by atoms with Crippen LogP contribution >= 0.6 is 11.3 Å². The van der Waals surface area contributed by atoms with Gasteiger partial charge in [-0.25, -0.2) is 13.1 Å². The van der Waals surface area contributed by atoms with E-state index in [-0.39, 0.29) is 35.5 Å². The summed E-state index contributed by atoms with van der Waals surface area (Å²) in [7, 11) is -3.90. The SMILES string of the molecule is Cc1ccc([N+](=O)[O-])cc1S(=O)(=O)N1CCC(C(=O)Nc2ccnn2Cc2cccs2)CC1. The van der Waals surface area contributed by atoms with Gasteiger partial charge >= 0.3 is 0 Å². The first-order chi connectivity index (χ1) is 15.8. The number of piperidine rings is 1. The predicted octanol–water partition coefficient (Wildman–Crippen LogP) is 3.25. The molecule has 1 amide bonds. The van der Waals surface area contributed by atoms with Crippen LogP contribution in [0.25, 0.3) is 0 Å². The van der Waals surface area contributed by atoms with Crippen LogP contribution in [0.2, 0.25) is 0 Å². The Bertz CT molecular complexity index is 1260. The van der Waals surface area contributed by atoms with Crippen LogP contribution in [0.5, 0.6) is 0 Å². The average Bonchev–Trinajstić information content (AvgIpc) is 3.46. The lowest BCUT2D eigenvalue weighted by atomic mass is 9.97. The number of hydrogen-bond acceptors (Lipinski definition) is 7. The summed E-state index contributed by atoms with van der Waals surface area (Å²) in [4.78, 5) is 24.3. The number of non-ortho nitro benzene ring substituents is 1. The summed E-state index contributed by atoms with van der Waals surface area (Å²) < 4.78 is 29.2. The maximum atomic E-state index is 13.1. The average molecular weight is 490 g/mol. The van der Waals surface area contributed by atoms with Gasteiger partial charge in [-0.3, -0.25) is 14.9 Å². The molecule has 4 rings (SSSR count). The molecule has 1 fully saturated rings. The lowest BCUT2D eigenvalue weighted by Crippen LogP contribution is -2.41. The van der Waals surface area contributed by atoms with Crippen molar-refractivity contribution in [3.63, 3.8) is 0 Å². The third-order valence-corrected chi connectivity index (χ3v) is 8.58. The third kappa shape index (κ3) is 4.97. The number of aryl methyl sites for hydroxylation is 1. The van der Waals surface area contributed by atoms with Crippen molar-refractivity contribution in [1.82, 2.24) is 14.1 Å². The fourth-order valence-electron chi connectivity index (χ4n) is 3.82. The van der Waals surface area contributed by atoms with E-state index in [1.165, 1.54) is 16.4 Å². The summed E-state index contributed by atoms with van der Waals surface area (Å²) in [5, 5.41) is 20.2. The highest BCUT2D eigenvalue weighted by Crippen LogP contribution is 2.29. The van der Waals surface area contributed by atoms with Crippen LogP contribution in [0.1, 0.15) is 23.3 Å². The van der Waals surface area contributed by atoms with Gasteiger partial charge in [0.25, 0.3) is 5.69 Å². The number of nitro benzene ring substituents is 1. The summed E-state index contributed by atoms with van der Waals surface area (Å²) in [6, 6.07) is 9.50. The Morgan fingerprint density at radius 3 is 2.70 bits per heavy atom. The predicted molar refractivity (Wildman–Crippen MR) is 124 cm³/mol. The highest BCUT2D eigenvalue weighted by molar-refractivity contribution is 7.89. The Hall–Kier alpha value is -3.09. The van der Waals surface area contributed by atoms with E-state index in [0.717, 1.165) is 10.9 Å². The van der Waals surface area contributed by atoms with Crippen LogP contribution < -0.4 is 5.32 Å². The molecule has 0 atom stereocenters. The third-order valence-electron chi connectivity index (χ3n) is 5.68. The van der Waals surface area contributed by atoms with E-state index in [1.54, 1.807) is 35.2 Å². The molecular weight excluding hydrogens is 466 g/mol. The lowest BCUT2D eigenvalue weighted by molar-refractivity contribution is -0.385. The maximum Gasteiger partial charge on any atom is 0.270 e. The second kappa shape index (κ2) is 9.41. The Morgan fingerprint density at radius 2 is 2.03 bits per heavy atom. The van der Waals surface area contributed by atoms with Crippen molar-refractivity contribution in [2.75, 3.05) is 18.4 Å². The maximum absolute atomic E-state index is 13.1. The monoisotopic (exact) mass is 489 g/mol. The molecule has 0 spiro atoms. The lowest BCUT2D eigenvalue weighted by Gasteiger charge is -2.30. The number of hydrogen-bond donors (Lipinski definition) is 1. The Balaban J connectivity index is 1.40. The standard InChI is InChI=1S/C21H23N5O5S2/c1-15-4-5-17(26(28)29)13-19(15)33(30,31)24-10-7-16(8-11-24)21(27)23-20-6-9-22-25(20)14-18-3-2-12-32-18/h2-6,9,12-13,16H,7-8,10-11,14H2,1H3,(H,23,27). The van der Waals surface area contributed by atoms with E-state index >= 15 is 0 Å². The molecule has 3 aromatic rings. The molecule has 0 radical (unpaired) electrons. The smallest absolute Gasteiger partial charge is 0.270 e. The molecule has 12 heteroatoms. The van der Waals surface area contributed by atoms with Crippen molar-refractivity contribution in [3.05, 3.63) is 68.5 Å². The molecule has 33 heavy (non-hydrogen) atoms. The fourth-order valence-corrected chi connectivity index (χ4v) is 6.22. The minimum atomic E-state index is -3.90. The zero-order chi connectivity index (χ0) is 23.6. The second-order valence-corrected chi connectivity index (χ2v) is 10.8. The van der Waals surface area contributed by atoms with Crippen molar-refractivity contribution in [2.45, 2.75) is 31.2 Å². The highest BCUT2D eigenvalue weighted by Gasteiger charge is 2.34. The summed E-state index contributed by atoms with van der Waals surface area (Å²) in [6.45, 7) is 2.49. The molecule has 0 saturated carbocycles. The fraction of sp³-hybridized carbons (Fsp3) is 0.333. The summed E-state index contributed by atoms with van der Waals surface area (Å²) in [6.07, 6.45) is 2.34. The van der Waals surface area contributed by atoms with Gasteiger partial charge < -0.3 is 5.32 Å². The van der Waals surface area contributed by atoms with Crippen molar-refractivity contribution >= 4 is 38.8 Å². The number of aromatic nitrogens is 2. The zero-order valence-corrected chi connectivity index (χ0v) is 19.5. The Labute approximate surface area is 195 Å². The number of anilines is 1. The van der Waals surface area contributed by atoms with Crippen LogP contribution in [0.3, 0.4) is 0 Å². The molecule has 0 aliphatic carbocycles. The first kappa shape index (κ1) is 23.1. The molecule has 0 unspecified atom stereocenters. The van der Waals surface area contributed by atoms with E-state index in [2.05, 4.69) is 10.4 Å². The quantitative estimate of drug-likeness (QED) is 0.401. The molecular formula is C21H23N5O5S2. The molecule has 1 saturated heterocycles. The van der Waals surface area contributed by atoms with E-state index < -0.39 is 14.9 Å². The van der Waals surface area contributed by atoms with Crippen molar-refractivity contribution < 1.29 is 18.1 Å². The number of nitrogens with zero attached hydrogens (tertiary/aromatic N) is 4. The van der Waals surface area contributed by atoms with E-state index in [1.807, 2.05) is 17.5 Å². The number of rotatable bonds is 7. The normalized spacial score (nSPS) is 15.4. The number of thiophene rings is 1. The minimum Gasteiger partial charge on any atom is -0.311 e. The summed E-state index contributed by atoms with van der Waals surface area (Å²) in [5.74, 6) is 0.0786. The van der Waals surface area contributed by atoms with E-state index in [0.29, 0.717) is 30.8 Å². The van der Waals surface area contributed by atoms with Gasteiger partial charge in [-0.05, 0) is 36.8 Å². The van der Waals surface area contributed by atoms with Crippen LogP contribution in [0.4, 0.5) is 11.5 Å². The van der Waals surface area contributed by atoms with Gasteiger partial charge in [0.15, 0.2) is 0 Å². The topological polar surface area (TPSA) is 127 Å². The van der Waals surface area contributed by atoms with Crippen LogP contribution in [-0.2, 0) is 21.4 Å². The van der Waals surface area contributed by atoms with Gasteiger partial charge in [0, 0.05) is 42.1 Å². The van der Waals surface area contributed by atoms with Gasteiger partial charge in [-0.1, -0.05) is 12.1 Å². The number of nitro groups is 1. The number of benzene rings is 1. The van der Waals surface area contributed by atoms with Crippen molar-refractivity contribution in [3.8, 4) is 0 Å². The van der Waals surface area contributed by atoms with Gasteiger partial charge in [0.1, 0.15) is 5.82 Å². The number of nitrogens with one attached hydrogen (secondary N) is 1. The molecule has 1 aliphatic heterocycles. The number of carbonyl (C=O) groups is 1. The molecule has 1 aliphatic rings. The van der Waals surface area contributed by atoms with Crippen molar-refractivity contribution in [1.29, 1.82) is 0 Å². The number of sulfonamides is 1. The number of amides is 1. The van der Waals surface area contributed by atoms with Gasteiger partial charge in [-0.2, -0.15) is 9.40 Å². The van der Waals surface area contributed by atoms with E-state index in [9.17, 15) is 23.3 Å². The molecule has 3 heterocycles. The zero-order valence-electron chi connectivity index (χ0n) is 17.9. The first-order valence-electron chi connectivity index (χ1n) is 10.4. The minimum absolute atomic E-state index is 0.0721. The molecule has 1 aromatic carbocycles. The Kier molecular flexibility index (Phi) is 6.58. The van der Waals surface area contributed by atoms with Gasteiger partial charge in [0.05, 0.1) is 22.6 Å². The van der Waals surface area contributed by atoms with Gasteiger partial charge in [0.2, 0.25) is 15.9 Å². The molecule has 10 nitrogen and oxygen atoms in total. The van der Waals surface area contributed by atoms with Crippen LogP contribution in [-0.4, -0.2) is 46.4 Å². The molecule has 1 N–H and O–H groups in total. The van der Waals surface area contributed by atoms with E-state index in [4.69, 9.17) is 0 Å². The van der Waals surface area contributed by atoms with Crippen LogP contribution in [0.15, 0.2) is 52.9 Å². The largest absolute Gasteiger partial charge is 0.311 e. The molecule has 2 aromatic heterocycles. The highest BCUT2D eigenvalue weighted by atomic mass is 32.2. The Morgan fingerprint density at radius 1 is 1.27 bits per heavy atom. The summed E-state index contributed by atoms with van der Waals surface area (Å²) >= 11 is 1.61. The summed E-state index contributed by atoms with van der Waals surface area (Å²) in [5.41, 5.74) is 0.173. The van der Waals surface area contributed by atoms with Crippen LogP contribution in [0, 0.1) is 23.0 Å². The van der Waals surface area contributed by atoms with Gasteiger partial charge in [-0.15, -0.1) is 11.3 Å².